The van der Waals surface area contributed by atoms with Crippen LogP contribution in [-0.4, -0.2) is 83.1 Å². The highest BCUT2D eigenvalue weighted by Crippen LogP contribution is 2.20. The number of piperidine rings is 1. The summed E-state index contributed by atoms with van der Waals surface area (Å²) in [6.45, 7) is 6.39. The average Bonchev–Trinajstić information content (AvgIpc) is 2.53. The van der Waals surface area contributed by atoms with Gasteiger partial charge in [0, 0.05) is 31.4 Å². The molecule has 0 radical (unpaired) electrons. The van der Waals surface area contributed by atoms with Crippen molar-refractivity contribution in [2.24, 2.45) is 0 Å². The molecule has 1 atom stereocenters. The summed E-state index contributed by atoms with van der Waals surface area (Å²) >= 11 is 1.77. The molecule has 0 aromatic rings. The Kier molecular flexibility index (Phi) is 6.32. The average molecular weight is 315 g/mol. The highest BCUT2D eigenvalue weighted by molar-refractivity contribution is 8.00. The minimum Gasteiger partial charge on any atom is -0.480 e. The lowest BCUT2D eigenvalue weighted by Gasteiger charge is -2.36. The Hall–Kier alpha value is -0.790. The Morgan fingerprint density at radius 2 is 1.86 bits per heavy atom. The Labute approximate surface area is 130 Å². The summed E-state index contributed by atoms with van der Waals surface area (Å²) in [5, 5.41) is 12.9. The number of carbonyl (C=O) groups excluding carboxylic acids is 1. The summed E-state index contributed by atoms with van der Waals surface area (Å²) in [6, 6.07) is -0.466. The molecule has 0 aromatic carbocycles. The van der Waals surface area contributed by atoms with Gasteiger partial charge in [0.1, 0.15) is 6.04 Å². The largest absolute Gasteiger partial charge is 0.480 e. The number of amides is 1. The molecule has 2 N–H and O–H groups in total. The van der Waals surface area contributed by atoms with Crippen molar-refractivity contribution in [3.8, 4) is 0 Å². The number of piperazine rings is 1. The van der Waals surface area contributed by atoms with Gasteiger partial charge in [0.2, 0.25) is 5.91 Å². The molecule has 0 aromatic heterocycles. The summed E-state index contributed by atoms with van der Waals surface area (Å²) in [5.74, 6) is -0.0449. The van der Waals surface area contributed by atoms with E-state index in [1.165, 1.54) is 0 Å². The summed E-state index contributed by atoms with van der Waals surface area (Å²) in [4.78, 5) is 27.0. The number of thioether (sulfide) groups is 1. The van der Waals surface area contributed by atoms with Crippen LogP contribution in [0.3, 0.4) is 0 Å². The van der Waals surface area contributed by atoms with Crippen LogP contribution in [0.5, 0.6) is 0 Å². The fourth-order valence-corrected chi connectivity index (χ4v) is 3.89. The van der Waals surface area contributed by atoms with E-state index in [1.54, 1.807) is 18.7 Å². The molecule has 21 heavy (non-hydrogen) atoms. The molecule has 7 heteroatoms. The molecular formula is C14H25N3O3S. The lowest BCUT2D eigenvalue weighted by atomic mass is 10.2. The van der Waals surface area contributed by atoms with E-state index < -0.39 is 12.0 Å². The van der Waals surface area contributed by atoms with E-state index in [9.17, 15) is 9.59 Å². The first-order chi connectivity index (χ1) is 10.1. The van der Waals surface area contributed by atoms with E-state index in [1.807, 2.05) is 9.80 Å². The van der Waals surface area contributed by atoms with Crippen molar-refractivity contribution in [3.63, 3.8) is 0 Å². The molecule has 2 aliphatic rings. The van der Waals surface area contributed by atoms with Gasteiger partial charge in [0.15, 0.2) is 0 Å². The van der Waals surface area contributed by atoms with E-state index >= 15 is 0 Å². The van der Waals surface area contributed by atoms with E-state index in [4.69, 9.17) is 5.11 Å². The fraction of sp³-hybridized carbons (Fsp3) is 0.857. The number of carboxylic acids is 1. The Morgan fingerprint density at radius 1 is 1.24 bits per heavy atom. The van der Waals surface area contributed by atoms with Crippen molar-refractivity contribution in [2.45, 2.75) is 31.1 Å². The molecule has 0 aliphatic carbocycles. The predicted molar refractivity (Wildman–Crippen MR) is 83.6 cm³/mol. The summed E-state index contributed by atoms with van der Waals surface area (Å²) in [5.41, 5.74) is 0. The molecule has 2 heterocycles. The topological polar surface area (TPSA) is 72.9 Å². The third-order valence-corrected chi connectivity index (χ3v) is 5.66. The second kappa shape index (κ2) is 8.00. The molecular weight excluding hydrogens is 290 g/mol. The minimum atomic E-state index is -0.795. The van der Waals surface area contributed by atoms with Gasteiger partial charge in [-0.25, -0.2) is 0 Å². The van der Waals surface area contributed by atoms with Gasteiger partial charge in [0.25, 0.3) is 0 Å². The zero-order valence-electron chi connectivity index (χ0n) is 12.6. The lowest BCUT2D eigenvalue weighted by molar-refractivity contribution is -0.143. The number of carbonyl (C=O) groups is 2. The van der Waals surface area contributed by atoms with Crippen LogP contribution in [0.1, 0.15) is 19.8 Å². The van der Waals surface area contributed by atoms with Crippen molar-refractivity contribution < 1.29 is 14.7 Å². The zero-order chi connectivity index (χ0) is 15.2. The molecule has 2 rings (SSSR count). The van der Waals surface area contributed by atoms with Gasteiger partial charge >= 0.3 is 5.97 Å². The summed E-state index contributed by atoms with van der Waals surface area (Å²) in [6.07, 6.45) is 2.28. The molecule has 0 bridgehead atoms. The number of aliphatic carboxylic acids is 1. The number of nitrogens with one attached hydrogen (secondary N) is 1. The summed E-state index contributed by atoms with van der Waals surface area (Å²) in [7, 11) is 0. The van der Waals surface area contributed by atoms with Crippen molar-refractivity contribution >= 4 is 23.6 Å². The normalized spacial score (nSPS) is 23.0. The third-order valence-electron chi connectivity index (χ3n) is 4.30. The molecule has 2 aliphatic heterocycles. The maximum absolute atomic E-state index is 12.2. The monoisotopic (exact) mass is 315 g/mol. The van der Waals surface area contributed by atoms with Crippen LogP contribution in [0.2, 0.25) is 0 Å². The third kappa shape index (κ3) is 4.86. The predicted octanol–water partition coefficient (Wildman–Crippen LogP) is 0.0889. The summed E-state index contributed by atoms with van der Waals surface area (Å²) < 4.78 is 0. The smallest absolute Gasteiger partial charge is 0.320 e. The van der Waals surface area contributed by atoms with Gasteiger partial charge in [0.05, 0.1) is 5.75 Å². The first-order valence-electron chi connectivity index (χ1n) is 7.65. The fourth-order valence-electron chi connectivity index (χ4n) is 2.76. The van der Waals surface area contributed by atoms with Gasteiger partial charge in [-0.3, -0.25) is 14.5 Å². The highest BCUT2D eigenvalue weighted by Gasteiger charge is 2.27. The van der Waals surface area contributed by atoms with E-state index in [2.05, 4.69) is 5.32 Å². The minimum absolute atomic E-state index is 0.196. The number of nitrogens with zero attached hydrogens (tertiary/aromatic N) is 2. The number of carboxylic acid groups (broad SMARTS) is 1. The van der Waals surface area contributed by atoms with Gasteiger partial charge in [-0.05, 0) is 32.9 Å². The molecule has 2 fully saturated rings. The molecule has 6 nitrogen and oxygen atoms in total. The first kappa shape index (κ1) is 16.6. The lowest BCUT2D eigenvalue weighted by Crippen LogP contribution is -2.53. The molecule has 0 saturated carbocycles. The van der Waals surface area contributed by atoms with Crippen molar-refractivity contribution in [1.82, 2.24) is 15.1 Å². The van der Waals surface area contributed by atoms with Gasteiger partial charge in [-0.1, -0.05) is 0 Å². The maximum atomic E-state index is 12.2. The van der Waals surface area contributed by atoms with E-state index in [0.29, 0.717) is 37.2 Å². The molecule has 2 saturated heterocycles. The Bertz CT molecular complexity index is 366. The zero-order valence-corrected chi connectivity index (χ0v) is 13.4. The van der Waals surface area contributed by atoms with Crippen LogP contribution in [-0.2, 0) is 9.59 Å². The number of hydrogen-bond acceptors (Lipinski definition) is 5. The van der Waals surface area contributed by atoms with E-state index in [-0.39, 0.29) is 5.91 Å². The molecule has 0 spiro atoms. The van der Waals surface area contributed by atoms with Crippen LogP contribution in [0.25, 0.3) is 0 Å². The van der Waals surface area contributed by atoms with Crippen molar-refractivity contribution in [1.29, 1.82) is 0 Å². The number of hydrogen-bond donors (Lipinski definition) is 2. The van der Waals surface area contributed by atoms with Crippen LogP contribution < -0.4 is 5.32 Å². The molecule has 1 amide bonds. The van der Waals surface area contributed by atoms with Crippen LogP contribution in [0.15, 0.2) is 0 Å². The number of rotatable bonds is 5. The first-order valence-corrected chi connectivity index (χ1v) is 8.69. The highest BCUT2D eigenvalue weighted by atomic mass is 32.2. The molecule has 1 unspecified atom stereocenters. The van der Waals surface area contributed by atoms with Gasteiger partial charge in [-0.2, -0.15) is 0 Å². The van der Waals surface area contributed by atoms with Crippen molar-refractivity contribution in [2.75, 3.05) is 45.0 Å². The van der Waals surface area contributed by atoms with Crippen LogP contribution in [0.4, 0.5) is 0 Å². The van der Waals surface area contributed by atoms with Gasteiger partial charge < -0.3 is 15.3 Å². The SMILES string of the molecule is CC(C(=O)O)N1CCN(C(=O)CSC2CCNCC2)CC1. The van der Waals surface area contributed by atoms with Crippen molar-refractivity contribution in [3.05, 3.63) is 0 Å². The van der Waals surface area contributed by atoms with Crippen LogP contribution >= 0.6 is 11.8 Å². The van der Waals surface area contributed by atoms with Gasteiger partial charge in [-0.15, -0.1) is 11.8 Å². The second-order valence-corrected chi connectivity index (χ2v) is 6.98. The maximum Gasteiger partial charge on any atom is 0.320 e. The Morgan fingerprint density at radius 3 is 2.43 bits per heavy atom. The Balaban J connectivity index is 1.69. The standard InChI is InChI=1S/C14H25N3O3S/c1-11(14(19)20)16-6-8-17(9-7-16)13(18)10-21-12-2-4-15-5-3-12/h11-12,15H,2-10H2,1H3,(H,19,20). The van der Waals surface area contributed by atoms with E-state index in [0.717, 1.165) is 25.9 Å². The quantitative estimate of drug-likeness (QED) is 0.749. The second-order valence-electron chi connectivity index (χ2n) is 5.69. The van der Waals surface area contributed by atoms with Crippen LogP contribution in [0, 0.1) is 0 Å². The molecule has 120 valence electrons.